The van der Waals surface area contributed by atoms with E-state index in [1.54, 1.807) is 0 Å². The van der Waals surface area contributed by atoms with Crippen LogP contribution < -0.4 is 4.90 Å². The number of halogens is 1. The number of hydrogen-bond acceptors (Lipinski definition) is 5. The first kappa shape index (κ1) is 14.2. The first-order valence-corrected chi connectivity index (χ1v) is 7.87. The van der Waals surface area contributed by atoms with Crippen LogP contribution in [0.2, 0.25) is 0 Å². The molecule has 1 unspecified atom stereocenters. The van der Waals surface area contributed by atoms with Gasteiger partial charge in [-0.05, 0) is 42.9 Å². The molecule has 2 aliphatic rings. The fraction of sp³-hybridized carbons (Fsp3) is 0.714. The molecule has 1 aromatic rings. The first-order chi connectivity index (χ1) is 9.61. The molecule has 0 bridgehead atoms. The van der Waals surface area contributed by atoms with Crippen LogP contribution in [0.25, 0.3) is 0 Å². The Morgan fingerprint density at radius 2 is 1.95 bits per heavy atom. The molecule has 6 heteroatoms. The van der Waals surface area contributed by atoms with E-state index in [1.165, 1.54) is 0 Å². The molecule has 20 heavy (non-hydrogen) atoms. The van der Waals surface area contributed by atoms with Crippen molar-refractivity contribution in [2.45, 2.75) is 18.9 Å². The molecule has 2 fully saturated rings. The topological polar surface area (TPSA) is 41.5 Å². The minimum atomic E-state index is 0.318. The largest absolute Gasteiger partial charge is 0.381 e. The SMILES string of the molecule is CN(C)C1CN(c2ncc(Br)cn2)CC12CCOCC2. The molecule has 2 saturated heterocycles. The van der Waals surface area contributed by atoms with Crippen LogP contribution in [0, 0.1) is 5.41 Å². The summed E-state index contributed by atoms with van der Waals surface area (Å²) in [6.07, 6.45) is 5.90. The lowest BCUT2D eigenvalue weighted by atomic mass is 9.75. The van der Waals surface area contributed by atoms with Crippen LogP contribution in [0.5, 0.6) is 0 Å². The molecule has 1 atom stereocenters. The number of rotatable bonds is 2. The van der Waals surface area contributed by atoms with E-state index in [9.17, 15) is 0 Å². The monoisotopic (exact) mass is 340 g/mol. The molecule has 1 aromatic heterocycles. The predicted molar refractivity (Wildman–Crippen MR) is 81.9 cm³/mol. The number of likely N-dealkylation sites (N-methyl/N-ethyl adjacent to an activating group) is 1. The number of anilines is 1. The highest BCUT2D eigenvalue weighted by Gasteiger charge is 2.48. The van der Waals surface area contributed by atoms with Crippen LogP contribution >= 0.6 is 15.9 Å². The summed E-state index contributed by atoms with van der Waals surface area (Å²) in [6, 6.07) is 0.540. The van der Waals surface area contributed by atoms with Crippen molar-refractivity contribution >= 4 is 21.9 Å². The number of aromatic nitrogens is 2. The van der Waals surface area contributed by atoms with Gasteiger partial charge in [0.25, 0.3) is 0 Å². The van der Waals surface area contributed by atoms with Gasteiger partial charge in [-0.25, -0.2) is 9.97 Å². The van der Waals surface area contributed by atoms with Crippen LogP contribution in [0.1, 0.15) is 12.8 Å². The van der Waals surface area contributed by atoms with Gasteiger partial charge in [-0.3, -0.25) is 0 Å². The van der Waals surface area contributed by atoms with E-state index in [4.69, 9.17) is 4.74 Å². The van der Waals surface area contributed by atoms with Crippen molar-refractivity contribution in [1.29, 1.82) is 0 Å². The van der Waals surface area contributed by atoms with E-state index >= 15 is 0 Å². The number of hydrogen-bond donors (Lipinski definition) is 0. The van der Waals surface area contributed by atoms with Gasteiger partial charge in [-0.15, -0.1) is 0 Å². The molecule has 0 N–H and O–H groups in total. The molecule has 1 spiro atoms. The van der Waals surface area contributed by atoms with Gasteiger partial charge in [-0.1, -0.05) is 0 Å². The summed E-state index contributed by atoms with van der Waals surface area (Å²) in [7, 11) is 4.35. The summed E-state index contributed by atoms with van der Waals surface area (Å²) in [4.78, 5) is 13.6. The van der Waals surface area contributed by atoms with Crippen LogP contribution in [-0.2, 0) is 4.74 Å². The summed E-state index contributed by atoms with van der Waals surface area (Å²) in [5.74, 6) is 0.836. The van der Waals surface area contributed by atoms with Gasteiger partial charge in [0.1, 0.15) is 0 Å². The molecular weight excluding hydrogens is 320 g/mol. The van der Waals surface area contributed by atoms with E-state index in [0.717, 1.165) is 49.6 Å². The Labute approximate surface area is 128 Å². The van der Waals surface area contributed by atoms with E-state index in [0.29, 0.717) is 11.5 Å². The average molecular weight is 341 g/mol. The maximum Gasteiger partial charge on any atom is 0.225 e. The molecule has 3 rings (SSSR count). The second-order valence-electron chi connectivity index (χ2n) is 6.04. The lowest BCUT2D eigenvalue weighted by molar-refractivity contribution is -0.00578. The average Bonchev–Trinajstić information content (AvgIpc) is 2.80. The van der Waals surface area contributed by atoms with E-state index in [2.05, 4.69) is 49.8 Å². The zero-order valence-electron chi connectivity index (χ0n) is 12.0. The zero-order valence-corrected chi connectivity index (χ0v) is 13.6. The summed E-state index contributed by atoms with van der Waals surface area (Å²) in [5.41, 5.74) is 0.318. The van der Waals surface area contributed by atoms with E-state index < -0.39 is 0 Å². The van der Waals surface area contributed by atoms with Gasteiger partial charge < -0.3 is 14.5 Å². The van der Waals surface area contributed by atoms with Gasteiger partial charge in [0.15, 0.2) is 0 Å². The molecular formula is C14H21BrN4O. The number of ether oxygens (including phenoxy) is 1. The highest BCUT2D eigenvalue weighted by molar-refractivity contribution is 9.10. The molecule has 0 saturated carbocycles. The van der Waals surface area contributed by atoms with Gasteiger partial charge in [0.05, 0.1) is 4.47 Å². The maximum atomic E-state index is 5.57. The minimum absolute atomic E-state index is 0.318. The second kappa shape index (κ2) is 5.58. The van der Waals surface area contributed by atoms with Gasteiger partial charge >= 0.3 is 0 Å². The van der Waals surface area contributed by atoms with Crippen LogP contribution in [0.3, 0.4) is 0 Å². The zero-order chi connectivity index (χ0) is 14.2. The minimum Gasteiger partial charge on any atom is -0.381 e. The van der Waals surface area contributed by atoms with Gasteiger partial charge in [0, 0.05) is 50.2 Å². The molecule has 110 valence electrons. The smallest absolute Gasteiger partial charge is 0.225 e. The van der Waals surface area contributed by atoms with Crippen molar-refractivity contribution < 1.29 is 4.74 Å². The lowest BCUT2D eigenvalue weighted by Gasteiger charge is -2.40. The normalized spacial score (nSPS) is 25.6. The van der Waals surface area contributed by atoms with Crippen molar-refractivity contribution in [3.63, 3.8) is 0 Å². The Bertz CT molecular complexity index is 459. The molecule has 5 nitrogen and oxygen atoms in total. The quantitative estimate of drug-likeness (QED) is 0.820. The van der Waals surface area contributed by atoms with Crippen molar-refractivity contribution in [2.24, 2.45) is 5.41 Å². The molecule has 0 radical (unpaired) electrons. The Balaban J connectivity index is 1.84. The third-order valence-electron chi connectivity index (χ3n) is 4.61. The van der Waals surface area contributed by atoms with E-state index in [1.807, 2.05) is 12.4 Å². The Morgan fingerprint density at radius 1 is 1.30 bits per heavy atom. The molecule has 0 amide bonds. The van der Waals surface area contributed by atoms with Gasteiger partial charge in [0.2, 0.25) is 5.95 Å². The lowest BCUT2D eigenvalue weighted by Crippen LogP contribution is -2.46. The molecule has 2 aliphatic heterocycles. The fourth-order valence-corrected chi connectivity index (χ4v) is 3.76. The third kappa shape index (κ3) is 2.56. The van der Waals surface area contributed by atoms with Crippen molar-refractivity contribution in [2.75, 3.05) is 45.3 Å². The van der Waals surface area contributed by atoms with E-state index in [-0.39, 0.29) is 0 Å². The Hall–Kier alpha value is -0.720. The van der Waals surface area contributed by atoms with Gasteiger partial charge in [-0.2, -0.15) is 0 Å². The van der Waals surface area contributed by atoms with Crippen LogP contribution in [0.4, 0.5) is 5.95 Å². The van der Waals surface area contributed by atoms with Crippen molar-refractivity contribution in [1.82, 2.24) is 14.9 Å². The highest BCUT2D eigenvalue weighted by atomic mass is 79.9. The summed E-state index contributed by atoms with van der Waals surface area (Å²) >= 11 is 3.39. The third-order valence-corrected chi connectivity index (χ3v) is 5.02. The van der Waals surface area contributed by atoms with Crippen molar-refractivity contribution in [3.8, 4) is 0 Å². The molecule has 3 heterocycles. The van der Waals surface area contributed by atoms with Crippen LogP contribution in [0.15, 0.2) is 16.9 Å². The second-order valence-corrected chi connectivity index (χ2v) is 6.95. The standard InChI is InChI=1S/C14H21BrN4O/c1-18(2)12-9-19(13-16-7-11(15)8-17-13)10-14(12)3-5-20-6-4-14/h7-8,12H,3-6,9-10H2,1-2H3. The summed E-state index contributed by atoms with van der Waals surface area (Å²) in [6.45, 7) is 3.77. The molecule has 0 aliphatic carbocycles. The summed E-state index contributed by atoms with van der Waals surface area (Å²) in [5, 5.41) is 0. The molecule has 0 aromatic carbocycles. The first-order valence-electron chi connectivity index (χ1n) is 7.07. The Morgan fingerprint density at radius 3 is 2.55 bits per heavy atom. The fourth-order valence-electron chi connectivity index (χ4n) is 3.55. The van der Waals surface area contributed by atoms with Crippen molar-refractivity contribution in [3.05, 3.63) is 16.9 Å². The maximum absolute atomic E-state index is 5.57. The highest BCUT2D eigenvalue weighted by Crippen LogP contribution is 2.42. The van der Waals surface area contributed by atoms with Crippen LogP contribution in [-0.4, -0.2) is 61.3 Å². The summed E-state index contributed by atoms with van der Waals surface area (Å²) < 4.78 is 6.49. The number of nitrogens with zero attached hydrogens (tertiary/aromatic N) is 4. The predicted octanol–water partition coefficient (Wildman–Crippen LogP) is 1.79. The Kier molecular flexibility index (Phi) is 3.97.